The molecule has 13 nitrogen and oxygen atoms in total. The monoisotopic (exact) mass is 513 g/mol. The van der Waals surface area contributed by atoms with E-state index < -0.39 is 56.7 Å². The molecule has 0 aliphatic carbocycles. The van der Waals surface area contributed by atoms with Gasteiger partial charge in [-0.25, -0.2) is 4.79 Å². The van der Waals surface area contributed by atoms with Gasteiger partial charge in [-0.05, 0) is 6.07 Å². The van der Waals surface area contributed by atoms with Gasteiger partial charge in [-0.1, -0.05) is 0 Å². The summed E-state index contributed by atoms with van der Waals surface area (Å²) in [5.41, 5.74) is -2.95. The second-order valence-corrected chi connectivity index (χ2v) is 7.78. The number of ether oxygens (including phenoxy) is 2. The molecule has 2 aromatic carbocycles. The molecule has 0 unspecified atom stereocenters. The maximum Gasteiger partial charge on any atom is 0.343 e. The SMILES string of the molecule is O=C(O)CCOCCOC(=O)c1c(O)c(O)cc2occ(-c3c[nH]c4cc(O)c(O)cc4c3=O)c(=O)c12. The molecule has 6 N–H and O–H groups in total. The van der Waals surface area contributed by atoms with E-state index in [4.69, 9.17) is 19.0 Å². The van der Waals surface area contributed by atoms with Crippen LogP contribution in [0.5, 0.6) is 23.0 Å². The number of aliphatic carboxylic acids is 1. The van der Waals surface area contributed by atoms with Crippen LogP contribution in [-0.2, 0) is 14.3 Å². The standard InChI is InChI=1S/C24H19NO12/c26-14-5-10-13(6-15(14)27)25-8-11(21(10)31)12-9-37-17-7-16(28)23(33)20(19(17)22(12)32)24(34)36-4-3-35-2-1-18(29)30/h5-9,26-28,33H,1-4H2,(H,25,31)(H,29,30). The van der Waals surface area contributed by atoms with Gasteiger partial charge in [0.1, 0.15) is 24.0 Å². The van der Waals surface area contributed by atoms with Crippen molar-refractivity contribution in [1.82, 2.24) is 4.98 Å². The van der Waals surface area contributed by atoms with Crippen LogP contribution in [0, 0.1) is 0 Å². The molecule has 0 bridgehead atoms. The number of phenolic OH excluding ortho intramolecular Hbond substituents is 4. The molecule has 4 aromatic rings. The third-order valence-corrected chi connectivity index (χ3v) is 5.41. The number of aromatic amines is 1. The Bertz CT molecular complexity index is 1670. The second kappa shape index (κ2) is 9.91. The number of carboxylic acids is 1. The minimum atomic E-state index is -1.21. The van der Waals surface area contributed by atoms with Crippen LogP contribution in [-0.4, -0.2) is 62.3 Å². The summed E-state index contributed by atoms with van der Waals surface area (Å²) in [5, 5.41) is 47.9. The maximum absolute atomic E-state index is 13.4. The Balaban J connectivity index is 1.77. The van der Waals surface area contributed by atoms with Gasteiger partial charge in [-0.15, -0.1) is 0 Å². The molecule has 0 saturated heterocycles. The predicted molar refractivity (Wildman–Crippen MR) is 126 cm³/mol. The number of phenols is 4. The van der Waals surface area contributed by atoms with Crippen molar-refractivity contribution in [1.29, 1.82) is 0 Å². The van der Waals surface area contributed by atoms with Gasteiger partial charge >= 0.3 is 11.9 Å². The number of H-pyrrole nitrogens is 1. The molecule has 0 radical (unpaired) electrons. The zero-order chi connectivity index (χ0) is 26.9. The van der Waals surface area contributed by atoms with Crippen LogP contribution in [0.15, 0.2) is 44.7 Å². The van der Waals surface area contributed by atoms with Gasteiger partial charge < -0.3 is 44.4 Å². The first-order valence-corrected chi connectivity index (χ1v) is 10.6. The maximum atomic E-state index is 13.4. The summed E-state index contributed by atoms with van der Waals surface area (Å²) < 4.78 is 15.4. The number of hydrogen-bond donors (Lipinski definition) is 6. The van der Waals surface area contributed by atoms with E-state index in [2.05, 4.69) is 4.98 Å². The molecule has 0 saturated carbocycles. The fourth-order valence-electron chi connectivity index (χ4n) is 3.62. The summed E-state index contributed by atoms with van der Waals surface area (Å²) in [6.07, 6.45) is 1.85. The lowest BCUT2D eigenvalue weighted by Crippen LogP contribution is -2.17. The van der Waals surface area contributed by atoms with E-state index in [0.29, 0.717) is 0 Å². The highest BCUT2D eigenvalue weighted by Crippen LogP contribution is 2.36. The van der Waals surface area contributed by atoms with E-state index in [1.807, 2.05) is 0 Å². The van der Waals surface area contributed by atoms with Gasteiger partial charge in [0.2, 0.25) is 5.43 Å². The summed E-state index contributed by atoms with van der Waals surface area (Å²) >= 11 is 0. The third-order valence-electron chi connectivity index (χ3n) is 5.41. The lowest BCUT2D eigenvalue weighted by Gasteiger charge is -2.11. The number of aromatic nitrogens is 1. The Morgan fingerprint density at radius 1 is 0.892 bits per heavy atom. The van der Waals surface area contributed by atoms with Crippen molar-refractivity contribution in [3.8, 4) is 34.1 Å². The molecule has 0 atom stereocenters. The van der Waals surface area contributed by atoms with Crippen molar-refractivity contribution in [2.75, 3.05) is 19.8 Å². The van der Waals surface area contributed by atoms with Crippen LogP contribution in [0.1, 0.15) is 16.8 Å². The number of carbonyl (C=O) groups is 2. The number of fused-ring (bicyclic) bond motifs is 2. The first kappa shape index (κ1) is 25.1. The Kier molecular flexibility index (Phi) is 6.71. The third kappa shape index (κ3) is 4.75. The molecule has 0 aliphatic heterocycles. The Labute approximate surface area is 205 Å². The molecule has 37 heavy (non-hydrogen) atoms. The van der Waals surface area contributed by atoms with E-state index >= 15 is 0 Å². The highest BCUT2D eigenvalue weighted by molar-refractivity contribution is 6.07. The topological polar surface area (TPSA) is 217 Å². The van der Waals surface area contributed by atoms with Gasteiger partial charge in [-0.2, -0.15) is 0 Å². The number of nitrogens with one attached hydrogen (secondary N) is 1. The zero-order valence-electron chi connectivity index (χ0n) is 18.8. The average Bonchev–Trinajstić information content (AvgIpc) is 2.84. The van der Waals surface area contributed by atoms with Crippen LogP contribution in [0.4, 0.5) is 0 Å². The van der Waals surface area contributed by atoms with E-state index in [9.17, 15) is 39.6 Å². The number of carboxylic acid groups (broad SMARTS) is 1. The highest BCUT2D eigenvalue weighted by atomic mass is 16.6. The van der Waals surface area contributed by atoms with Crippen molar-refractivity contribution >= 4 is 33.8 Å². The van der Waals surface area contributed by atoms with Crippen molar-refractivity contribution < 1.29 is 49.0 Å². The number of carbonyl (C=O) groups excluding carboxylic acids is 1. The first-order valence-electron chi connectivity index (χ1n) is 10.6. The Morgan fingerprint density at radius 3 is 2.35 bits per heavy atom. The Morgan fingerprint density at radius 2 is 1.62 bits per heavy atom. The lowest BCUT2D eigenvalue weighted by molar-refractivity contribution is -0.138. The summed E-state index contributed by atoms with van der Waals surface area (Å²) in [6.45, 7) is -0.663. The normalized spacial score (nSPS) is 11.1. The molecular weight excluding hydrogens is 494 g/mol. The minimum absolute atomic E-state index is 0.0524. The van der Waals surface area contributed by atoms with Gasteiger partial charge in [0.15, 0.2) is 28.4 Å². The highest BCUT2D eigenvalue weighted by Gasteiger charge is 2.26. The number of rotatable bonds is 8. The number of benzene rings is 2. The van der Waals surface area contributed by atoms with Gasteiger partial charge in [0.25, 0.3) is 0 Å². The van der Waals surface area contributed by atoms with Crippen LogP contribution in [0.25, 0.3) is 33.0 Å². The number of esters is 1. The molecule has 0 amide bonds. The number of aromatic hydroxyl groups is 4. The van der Waals surface area contributed by atoms with Crippen molar-refractivity contribution in [2.45, 2.75) is 6.42 Å². The lowest BCUT2D eigenvalue weighted by atomic mass is 10.0. The fourth-order valence-corrected chi connectivity index (χ4v) is 3.62. The van der Waals surface area contributed by atoms with Crippen LogP contribution in [0.2, 0.25) is 0 Å². The summed E-state index contributed by atoms with van der Waals surface area (Å²) in [6, 6.07) is 3.05. The Hall–Kier alpha value is -5.04. The quantitative estimate of drug-likeness (QED) is 0.113. The first-order chi connectivity index (χ1) is 17.6. The van der Waals surface area contributed by atoms with Crippen molar-refractivity contribution in [3.63, 3.8) is 0 Å². The summed E-state index contributed by atoms with van der Waals surface area (Å²) in [7, 11) is 0. The van der Waals surface area contributed by atoms with Crippen LogP contribution >= 0.6 is 0 Å². The smallest absolute Gasteiger partial charge is 0.343 e. The zero-order valence-corrected chi connectivity index (χ0v) is 18.8. The molecular formula is C24H19NO12. The molecule has 2 heterocycles. The number of hydrogen-bond acceptors (Lipinski definition) is 11. The van der Waals surface area contributed by atoms with Gasteiger partial charge in [0.05, 0.1) is 47.1 Å². The van der Waals surface area contributed by atoms with Gasteiger partial charge in [0, 0.05) is 18.3 Å². The van der Waals surface area contributed by atoms with Crippen LogP contribution in [0.3, 0.4) is 0 Å². The van der Waals surface area contributed by atoms with E-state index in [-0.39, 0.29) is 53.9 Å². The summed E-state index contributed by atoms with van der Waals surface area (Å²) in [4.78, 5) is 52.5. The molecule has 4 rings (SSSR count). The van der Waals surface area contributed by atoms with Crippen LogP contribution < -0.4 is 10.9 Å². The fraction of sp³-hybridized carbons (Fsp3) is 0.167. The van der Waals surface area contributed by atoms with Crippen molar-refractivity contribution in [3.05, 3.63) is 56.7 Å². The minimum Gasteiger partial charge on any atom is -0.504 e. The molecule has 192 valence electrons. The summed E-state index contributed by atoms with van der Waals surface area (Å²) in [5.74, 6) is -5.04. The van der Waals surface area contributed by atoms with E-state index in [0.717, 1.165) is 24.5 Å². The number of pyridine rings is 1. The largest absolute Gasteiger partial charge is 0.504 e. The molecule has 0 aliphatic rings. The molecule has 0 fully saturated rings. The second-order valence-electron chi connectivity index (χ2n) is 7.78. The van der Waals surface area contributed by atoms with E-state index in [1.165, 1.54) is 6.20 Å². The molecule has 0 spiro atoms. The average molecular weight is 513 g/mol. The molecule has 13 heteroatoms. The van der Waals surface area contributed by atoms with Crippen molar-refractivity contribution in [2.24, 2.45) is 0 Å². The van der Waals surface area contributed by atoms with Gasteiger partial charge in [-0.3, -0.25) is 14.4 Å². The van der Waals surface area contributed by atoms with E-state index in [1.54, 1.807) is 0 Å². The molecule has 2 aromatic heterocycles. The predicted octanol–water partition coefficient (Wildman–Crippen LogP) is 1.77.